The molecule has 2 aliphatic rings. The number of benzene rings is 1. The number of aromatic nitrogens is 1. The topological polar surface area (TPSA) is 63.6 Å². The van der Waals surface area contributed by atoms with Crippen molar-refractivity contribution in [3.8, 4) is 11.3 Å². The van der Waals surface area contributed by atoms with Gasteiger partial charge in [0.2, 0.25) is 0 Å². The number of carbonyl (C=O) groups is 2. The number of hydrogen-bond donors (Lipinski definition) is 1. The molecule has 2 amide bonds. The summed E-state index contributed by atoms with van der Waals surface area (Å²) in [4.78, 5) is 28.7. The molecule has 6 nitrogen and oxygen atoms in total. The smallest absolute Gasteiger partial charge is 0.253 e. The molecule has 1 saturated carbocycles. The molecule has 6 heteroatoms. The van der Waals surface area contributed by atoms with Crippen LogP contribution in [0, 0.1) is 18.3 Å². The number of ether oxygens (including phenoxy) is 1. The van der Waals surface area contributed by atoms with Gasteiger partial charge < -0.3 is 19.5 Å². The molecule has 1 aliphatic carbocycles. The highest BCUT2D eigenvalue weighted by Gasteiger charge is 2.29. The van der Waals surface area contributed by atoms with E-state index in [2.05, 4.69) is 76.5 Å². The van der Waals surface area contributed by atoms with E-state index in [4.69, 9.17) is 4.74 Å². The van der Waals surface area contributed by atoms with Gasteiger partial charge >= 0.3 is 0 Å². The van der Waals surface area contributed by atoms with Gasteiger partial charge in [-0.25, -0.2) is 0 Å². The second-order valence-corrected chi connectivity index (χ2v) is 14.1. The molecule has 2 heterocycles. The van der Waals surface area contributed by atoms with Crippen molar-refractivity contribution in [1.82, 2.24) is 14.8 Å². The maximum absolute atomic E-state index is 13.6. The van der Waals surface area contributed by atoms with E-state index < -0.39 is 0 Å². The van der Waals surface area contributed by atoms with Gasteiger partial charge in [0.15, 0.2) is 0 Å². The van der Waals surface area contributed by atoms with E-state index in [1.165, 1.54) is 32.1 Å². The number of hydrogen-bond acceptors (Lipinski definition) is 3. The van der Waals surface area contributed by atoms with E-state index in [1.807, 2.05) is 18.0 Å². The van der Waals surface area contributed by atoms with Gasteiger partial charge in [0.25, 0.3) is 11.8 Å². The van der Waals surface area contributed by atoms with Crippen LogP contribution in [-0.2, 0) is 16.7 Å². The van der Waals surface area contributed by atoms with Crippen LogP contribution in [-0.4, -0.2) is 54.1 Å². The van der Waals surface area contributed by atoms with Gasteiger partial charge in [0.05, 0.1) is 24.8 Å². The Bertz CT molecular complexity index is 1190. The van der Waals surface area contributed by atoms with Crippen molar-refractivity contribution in [3.05, 3.63) is 46.6 Å². The maximum Gasteiger partial charge on any atom is 0.253 e. The fourth-order valence-electron chi connectivity index (χ4n) is 6.06. The Balaban J connectivity index is 1.75. The molecule has 39 heavy (non-hydrogen) atoms. The van der Waals surface area contributed by atoms with E-state index in [0.29, 0.717) is 25.7 Å². The minimum atomic E-state index is -0.218. The van der Waals surface area contributed by atoms with E-state index in [0.717, 1.165) is 40.2 Å². The number of carbonyl (C=O) groups excluding carboxylic acids is 2. The third-order valence-corrected chi connectivity index (χ3v) is 8.16. The van der Waals surface area contributed by atoms with Crippen LogP contribution < -0.4 is 5.32 Å². The molecule has 0 spiro atoms. The summed E-state index contributed by atoms with van der Waals surface area (Å²) in [7, 11) is 1.89. The largest absolute Gasteiger partial charge is 0.377 e. The van der Waals surface area contributed by atoms with E-state index >= 15 is 0 Å². The van der Waals surface area contributed by atoms with Gasteiger partial charge in [-0.2, -0.15) is 0 Å². The molecular formula is C33H49N3O3. The third kappa shape index (κ3) is 6.95. The first-order chi connectivity index (χ1) is 18.2. The molecule has 1 aliphatic heterocycles. The first-order valence-electron chi connectivity index (χ1n) is 14.7. The summed E-state index contributed by atoms with van der Waals surface area (Å²) < 4.78 is 7.63. The monoisotopic (exact) mass is 535 g/mol. The van der Waals surface area contributed by atoms with E-state index in [9.17, 15) is 9.59 Å². The molecule has 4 rings (SSSR count). The van der Waals surface area contributed by atoms with E-state index in [1.54, 1.807) is 0 Å². The summed E-state index contributed by atoms with van der Waals surface area (Å²) in [5.74, 6) is 0.641. The molecule has 1 N–H and O–H groups in total. The Morgan fingerprint density at radius 2 is 1.67 bits per heavy atom. The Kier molecular flexibility index (Phi) is 8.65. The van der Waals surface area contributed by atoms with Crippen LogP contribution in [0.4, 0.5) is 0 Å². The first-order valence-corrected chi connectivity index (χ1v) is 14.7. The second-order valence-electron chi connectivity index (χ2n) is 14.1. The Morgan fingerprint density at radius 3 is 2.23 bits per heavy atom. The van der Waals surface area contributed by atoms with Gasteiger partial charge in [-0.3, -0.25) is 9.59 Å². The highest BCUT2D eigenvalue weighted by molar-refractivity contribution is 5.98. The standard InChI is InChI=1S/C33H49N3O3/c1-22-27(30(37)34-25-19-39-20-25)17-29(36(22)18-23-12-10-9-11-13-23)24-14-15-26(28(16-24)33(5,6)7)31(38)35(8)21-32(2,3)4/h14-17,23,25H,9-13,18-21H2,1-8H3,(H,34,37). The molecule has 0 unspecified atom stereocenters. The molecule has 2 fully saturated rings. The predicted molar refractivity (Wildman–Crippen MR) is 158 cm³/mol. The average molecular weight is 536 g/mol. The molecule has 1 saturated heterocycles. The molecular weight excluding hydrogens is 486 g/mol. The summed E-state index contributed by atoms with van der Waals surface area (Å²) in [6, 6.07) is 8.40. The van der Waals surface area contributed by atoms with Crippen molar-refractivity contribution in [2.75, 3.05) is 26.8 Å². The fourth-order valence-corrected chi connectivity index (χ4v) is 6.06. The van der Waals surface area contributed by atoms with Crippen LogP contribution in [0.25, 0.3) is 11.3 Å². The second kappa shape index (κ2) is 11.5. The number of nitrogens with zero attached hydrogens (tertiary/aromatic N) is 2. The summed E-state index contributed by atoms with van der Waals surface area (Å²) in [6.45, 7) is 17.8. The van der Waals surface area contributed by atoms with Crippen molar-refractivity contribution in [3.63, 3.8) is 0 Å². The van der Waals surface area contributed by atoms with Crippen molar-refractivity contribution in [1.29, 1.82) is 0 Å². The zero-order chi connectivity index (χ0) is 28.5. The van der Waals surface area contributed by atoms with Gasteiger partial charge in [-0.1, -0.05) is 66.9 Å². The summed E-state index contributed by atoms with van der Waals surface area (Å²) in [5.41, 5.74) is 5.44. The average Bonchev–Trinajstić information content (AvgIpc) is 3.15. The molecule has 214 valence electrons. The molecule has 0 radical (unpaired) electrons. The quantitative estimate of drug-likeness (QED) is 0.435. The molecule has 2 aromatic rings. The highest BCUT2D eigenvalue weighted by Crippen LogP contribution is 2.35. The van der Waals surface area contributed by atoms with Crippen LogP contribution in [0.3, 0.4) is 0 Å². The Hall–Kier alpha value is -2.60. The number of rotatable bonds is 7. The summed E-state index contributed by atoms with van der Waals surface area (Å²) in [5, 5.41) is 3.13. The maximum atomic E-state index is 13.6. The van der Waals surface area contributed by atoms with Crippen LogP contribution in [0.5, 0.6) is 0 Å². The van der Waals surface area contributed by atoms with Gasteiger partial charge in [0, 0.05) is 37.1 Å². The van der Waals surface area contributed by atoms with Gasteiger partial charge in [-0.15, -0.1) is 0 Å². The summed E-state index contributed by atoms with van der Waals surface area (Å²) >= 11 is 0. The normalized spacial score (nSPS) is 17.1. The lowest BCUT2D eigenvalue weighted by Gasteiger charge is -2.30. The van der Waals surface area contributed by atoms with E-state index in [-0.39, 0.29) is 28.7 Å². The molecule has 1 aromatic carbocycles. The minimum absolute atomic E-state index is 0.0201. The lowest BCUT2D eigenvalue weighted by atomic mass is 9.82. The number of amides is 2. The Morgan fingerprint density at radius 1 is 1.00 bits per heavy atom. The van der Waals surface area contributed by atoms with Gasteiger partial charge in [0.1, 0.15) is 0 Å². The highest BCUT2D eigenvalue weighted by atomic mass is 16.5. The van der Waals surface area contributed by atoms with Crippen molar-refractivity contribution >= 4 is 11.8 Å². The zero-order valence-electron chi connectivity index (χ0n) is 25.4. The molecule has 0 bridgehead atoms. The first kappa shape index (κ1) is 29.4. The van der Waals surface area contributed by atoms with Crippen LogP contribution in [0.2, 0.25) is 0 Å². The Labute approximate surface area is 235 Å². The zero-order valence-corrected chi connectivity index (χ0v) is 25.4. The predicted octanol–water partition coefficient (Wildman–Crippen LogP) is 6.59. The van der Waals surface area contributed by atoms with Gasteiger partial charge in [-0.05, 0) is 65.8 Å². The minimum Gasteiger partial charge on any atom is -0.377 e. The lowest BCUT2D eigenvalue weighted by Crippen LogP contribution is -2.48. The SMILES string of the molecule is Cc1c(C(=O)NC2COC2)cc(-c2ccc(C(=O)N(C)CC(C)(C)C)c(C(C)(C)C)c2)n1CC1CCCCC1. The summed E-state index contributed by atoms with van der Waals surface area (Å²) in [6.07, 6.45) is 6.35. The number of nitrogens with one attached hydrogen (secondary N) is 1. The fraction of sp³-hybridized carbons (Fsp3) is 0.636. The third-order valence-electron chi connectivity index (χ3n) is 8.16. The molecule has 0 atom stereocenters. The van der Waals surface area contributed by atoms with Crippen LogP contribution in [0.15, 0.2) is 24.3 Å². The van der Waals surface area contributed by atoms with Crippen molar-refractivity contribution in [2.24, 2.45) is 11.3 Å². The van der Waals surface area contributed by atoms with Crippen LogP contribution in [0.1, 0.15) is 106 Å². The van der Waals surface area contributed by atoms with Crippen molar-refractivity contribution < 1.29 is 14.3 Å². The van der Waals surface area contributed by atoms with Crippen molar-refractivity contribution in [2.45, 2.75) is 98.6 Å². The molecule has 1 aromatic heterocycles. The lowest BCUT2D eigenvalue weighted by molar-refractivity contribution is -0.00347. The van der Waals surface area contributed by atoms with Crippen LogP contribution >= 0.6 is 0 Å².